The van der Waals surface area contributed by atoms with Crippen molar-refractivity contribution in [2.24, 2.45) is 5.14 Å². The van der Waals surface area contributed by atoms with E-state index in [1.807, 2.05) is 0 Å². The van der Waals surface area contributed by atoms with E-state index >= 15 is 0 Å². The summed E-state index contributed by atoms with van der Waals surface area (Å²) in [5.41, 5.74) is 0.695. The summed E-state index contributed by atoms with van der Waals surface area (Å²) >= 11 is 0. The molecule has 0 fully saturated rings. The lowest BCUT2D eigenvalue weighted by atomic mass is 10.3. The largest absolute Gasteiger partial charge is 0.471 e. The first-order valence-corrected chi connectivity index (χ1v) is 9.01. The van der Waals surface area contributed by atoms with Gasteiger partial charge in [-0.25, -0.2) is 18.1 Å². The Morgan fingerprint density at radius 1 is 1.35 bits per heavy atom. The SMILES string of the molecule is C=C(C)C(=O)Nc1cccc(S(N)(=O)=O)c1.COP(=O)(O)OC. The molecular weight excluding hydrogens is 347 g/mol. The number of phosphoric ester groups is 1. The summed E-state index contributed by atoms with van der Waals surface area (Å²) in [6.45, 7) is 5.02. The smallest absolute Gasteiger partial charge is 0.322 e. The number of primary sulfonamides is 1. The third-order valence-corrected chi connectivity index (χ3v) is 4.10. The van der Waals surface area contributed by atoms with E-state index in [0.29, 0.717) is 11.3 Å². The first-order chi connectivity index (χ1) is 10.4. The van der Waals surface area contributed by atoms with Crippen LogP contribution in [0.3, 0.4) is 0 Å². The molecule has 0 saturated heterocycles. The van der Waals surface area contributed by atoms with Crippen molar-refractivity contribution < 1.29 is 31.7 Å². The van der Waals surface area contributed by atoms with E-state index < -0.39 is 17.8 Å². The first kappa shape index (κ1) is 21.4. The summed E-state index contributed by atoms with van der Waals surface area (Å²) in [7, 11) is -5.21. The molecule has 0 aliphatic carbocycles. The van der Waals surface area contributed by atoms with E-state index in [1.165, 1.54) is 18.2 Å². The van der Waals surface area contributed by atoms with Crippen molar-refractivity contribution >= 4 is 29.4 Å². The highest BCUT2D eigenvalue weighted by molar-refractivity contribution is 7.89. The van der Waals surface area contributed by atoms with Crippen molar-refractivity contribution in [2.75, 3.05) is 19.5 Å². The lowest BCUT2D eigenvalue weighted by Gasteiger charge is -2.05. The predicted octanol–water partition coefficient (Wildman–Crippen LogP) is 1.23. The van der Waals surface area contributed by atoms with Gasteiger partial charge in [-0.15, -0.1) is 0 Å². The molecule has 0 saturated carbocycles. The van der Waals surface area contributed by atoms with Crippen LogP contribution in [0.1, 0.15) is 6.92 Å². The normalized spacial score (nSPS) is 11.2. The molecule has 0 radical (unpaired) electrons. The Morgan fingerprint density at radius 2 is 1.87 bits per heavy atom. The van der Waals surface area contributed by atoms with Crippen LogP contribution in [0.4, 0.5) is 5.69 Å². The molecule has 4 N–H and O–H groups in total. The van der Waals surface area contributed by atoms with E-state index in [4.69, 9.17) is 10.0 Å². The van der Waals surface area contributed by atoms with Gasteiger partial charge in [0.1, 0.15) is 0 Å². The number of carbonyl (C=O) groups is 1. The van der Waals surface area contributed by atoms with Gasteiger partial charge in [0, 0.05) is 25.5 Å². The average Bonchev–Trinajstić information content (AvgIpc) is 2.47. The molecule has 0 unspecified atom stereocenters. The Hall–Kier alpha value is -1.55. The van der Waals surface area contributed by atoms with Gasteiger partial charge >= 0.3 is 7.82 Å². The van der Waals surface area contributed by atoms with Gasteiger partial charge in [-0.05, 0) is 25.1 Å². The molecule has 0 heterocycles. The average molecular weight is 366 g/mol. The van der Waals surface area contributed by atoms with Crippen LogP contribution in [0.5, 0.6) is 0 Å². The number of amides is 1. The molecule has 1 aromatic carbocycles. The van der Waals surface area contributed by atoms with Gasteiger partial charge in [-0.2, -0.15) is 0 Å². The maximum Gasteiger partial charge on any atom is 0.471 e. The molecule has 0 aliphatic rings. The summed E-state index contributed by atoms with van der Waals surface area (Å²) < 4.78 is 40.1. The number of benzene rings is 1. The highest BCUT2D eigenvalue weighted by Gasteiger charge is 2.13. The lowest BCUT2D eigenvalue weighted by molar-refractivity contribution is -0.112. The van der Waals surface area contributed by atoms with Crippen LogP contribution in [0.25, 0.3) is 0 Å². The van der Waals surface area contributed by atoms with Gasteiger partial charge in [0.05, 0.1) is 4.90 Å². The van der Waals surface area contributed by atoms with Crippen LogP contribution in [-0.4, -0.2) is 33.4 Å². The lowest BCUT2D eigenvalue weighted by Crippen LogP contribution is -2.14. The Balaban J connectivity index is 0.000000585. The minimum absolute atomic E-state index is 0.0491. The van der Waals surface area contributed by atoms with Crippen LogP contribution in [0, 0.1) is 0 Å². The molecule has 0 atom stereocenters. The van der Waals surface area contributed by atoms with Crippen LogP contribution in [0.15, 0.2) is 41.3 Å². The maximum absolute atomic E-state index is 11.3. The summed E-state index contributed by atoms with van der Waals surface area (Å²) in [6.07, 6.45) is 0. The Kier molecular flexibility index (Phi) is 8.32. The van der Waals surface area contributed by atoms with E-state index in [2.05, 4.69) is 20.9 Å². The minimum atomic E-state index is -3.76. The number of hydrogen-bond donors (Lipinski definition) is 3. The van der Waals surface area contributed by atoms with E-state index in [-0.39, 0.29) is 10.8 Å². The molecule has 0 spiro atoms. The predicted molar refractivity (Wildman–Crippen MR) is 85.1 cm³/mol. The van der Waals surface area contributed by atoms with E-state index in [1.54, 1.807) is 13.0 Å². The quantitative estimate of drug-likeness (QED) is 0.525. The number of anilines is 1. The summed E-state index contributed by atoms with van der Waals surface area (Å²) in [5.74, 6) is -0.369. The second kappa shape index (κ2) is 8.92. The summed E-state index contributed by atoms with van der Waals surface area (Å²) in [5, 5.41) is 7.45. The Labute approximate surface area is 134 Å². The number of phosphoric acid groups is 1. The second-order valence-corrected chi connectivity index (χ2v) is 7.37. The standard InChI is InChI=1S/C10H12N2O3S.C2H7O4P/c1-7(2)10(13)12-8-4-3-5-9(6-8)16(11,14)15;1-5-7(3,4)6-2/h3-6H,1H2,2H3,(H,12,13)(H2,11,14,15);1-2H3,(H,3,4). The highest BCUT2D eigenvalue weighted by atomic mass is 32.2. The van der Waals surface area contributed by atoms with Gasteiger partial charge in [0.2, 0.25) is 10.0 Å². The summed E-state index contributed by atoms with van der Waals surface area (Å²) in [4.78, 5) is 19.5. The molecule has 1 amide bonds. The van der Waals surface area contributed by atoms with Crippen LogP contribution in [-0.2, 0) is 28.4 Å². The van der Waals surface area contributed by atoms with Gasteiger partial charge in [-0.3, -0.25) is 13.8 Å². The fourth-order valence-corrected chi connectivity index (χ4v) is 1.77. The number of nitrogens with one attached hydrogen (secondary N) is 1. The molecule has 9 nitrogen and oxygen atoms in total. The highest BCUT2D eigenvalue weighted by Crippen LogP contribution is 2.40. The van der Waals surface area contributed by atoms with Gasteiger partial charge < -0.3 is 10.2 Å². The number of rotatable bonds is 5. The molecule has 130 valence electrons. The Morgan fingerprint density at radius 3 is 2.22 bits per heavy atom. The van der Waals surface area contributed by atoms with Gasteiger partial charge in [-0.1, -0.05) is 12.6 Å². The van der Waals surface area contributed by atoms with Crippen molar-refractivity contribution in [2.45, 2.75) is 11.8 Å². The number of nitrogens with two attached hydrogens (primary N) is 1. The minimum Gasteiger partial charge on any atom is -0.322 e. The topological polar surface area (TPSA) is 145 Å². The fraction of sp³-hybridized carbons (Fsp3) is 0.250. The van der Waals surface area contributed by atoms with Crippen molar-refractivity contribution in [1.29, 1.82) is 0 Å². The molecule has 1 rings (SSSR count). The van der Waals surface area contributed by atoms with Crippen LogP contribution < -0.4 is 10.5 Å². The summed E-state index contributed by atoms with van der Waals surface area (Å²) in [6, 6.07) is 5.70. The van der Waals surface area contributed by atoms with Crippen molar-refractivity contribution in [3.63, 3.8) is 0 Å². The first-order valence-electron chi connectivity index (χ1n) is 5.97. The fourth-order valence-electron chi connectivity index (χ4n) is 1.06. The van der Waals surface area contributed by atoms with Gasteiger partial charge in [0.15, 0.2) is 0 Å². The molecule has 1 aromatic rings. The molecule has 0 aromatic heterocycles. The van der Waals surface area contributed by atoms with Crippen molar-refractivity contribution in [1.82, 2.24) is 0 Å². The number of hydrogen-bond acceptors (Lipinski definition) is 6. The monoisotopic (exact) mass is 366 g/mol. The Bertz CT molecular complexity index is 710. The number of carbonyl (C=O) groups excluding carboxylic acids is 1. The van der Waals surface area contributed by atoms with Crippen LogP contribution >= 0.6 is 7.82 Å². The molecule has 11 heteroatoms. The zero-order valence-corrected chi connectivity index (χ0v) is 14.6. The zero-order chi connectivity index (χ0) is 18.3. The second-order valence-electron chi connectivity index (χ2n) is 4.14. The van der Waals surface area contributed by atoms with E-state index in [0.717, 1.165) is 14.2 Å². The molecular formula is C12H19N2O7PS. The molecule has 0 aliphatic heterocycles. The third kappa shape index (κ3) is 8.60. The van der Waals surface area contributed by atoms with E-state index in [9.17, 15) is 17.8 Å². The molecule has 0 bridgehead atoms. The third-order valence-electron chi connectivity index (χ3n) is 2.27. The van der Waals surface area contributed by atoms with Crippen molar-refractivity contribution in [3.05, 3.63) is 36.4 Å². The van der Waals surface area contributed by atoms with Gasteiger partial charge in [0.25, 0.3) is 5.91 Å². The number of sulfonamides is 1. The van der Waals surface area contributed by atoms with Crippen molar-refractivity contribution in [3.8, 4) is 0 Å². The zero-order valence-electron chi connectivity index (χ0n) is 12.8. The molecule has 23 heavy (non-hydrogen) atoms. The van der Waals surface area contributed by atoms with Crippen LogP contribution in [0.2, 0.25) is 0 Å². The maximum atomic E-state index is 11.3.